The zero-order valence-corrected chi connectivity index (χ0v) is 14.8. The molecule has 138 valence electrons. The molecule has 0 atom stereocenters. The van der Waals surface area contributed by atoms with E-state index in [1.54, 1.807) is 43.3 Å². The lowest BCUT2D eigenvalue weighted by molar-refractivity contribution is -0.385. The summed E-state index contributed by atoms with van der Waals surface area (Å²) < 4.78 is 0. The van der Waals surface area contributed by atoms with Crippen molar-refractivity contribution in [2.75, 3.05) is 5.32 Å². The van der Waals surface area contributed by atoms with Gasteiger partial charge >= 0.3 is 0 Å². The summed E-state index contributed by atoms with van der Waals surface area (Å²) in [6.45, 7) is 1.59. The second kappa shape index (κ2) is 7.82. The molecule has 1 aliphatic carbocycles. The standard InChI is InChI=1S/C20H19N3O4/c1-13-17(3-2-4-18(13)23(26)27)22-19(24)12-7-14-5-8-15(9-6-14)20(25)21-16-10-11-16/h2-9,12,16H,10-11H2,1H3,(H,21,25)(H,22,24)/b12-7+. The summed E-state index contributed by atoms with van der Waals surface area (Å²) in [5.41, 5.74) is 2.10. The number of nitro groups is 1. The number of carbonyl (C=O) groups is 2. The van der Waals surface area contributed by atoms with E-state index in [0.717, 1.165) is 18.4 Å². The van der Waals surface area contributed by atoms with Crippen molar-refractivity contribution in [3.8, 4) is 0 Å². The molecule has 0 unspecified atom stereocenters. The molecule has 2 N–H and O–H groups in total. The molecule has 1 fully saturated rings. The highest BCUT2D eigenvalue weighted by molar-refractivity contribution is 6.02. The van der Waals surface area contributed by atoms with Gasteiger partial charge in [0.15, 0.2) is 0 Å². The molecule has 7 nitrogen and oxygen atoms in total. The Bertz CT molecular complexity index is 915. The predicted molar refractivity (Wildman–Crippen MR) is 102 cm³/mol. The van der Waals surface area contributed by atoms with E-state index < -0.39 is 10.8 Å². The number of benzene rings is 2. The van der Waals surface area contributed by atoms with E-state index in [0.29, 0.717) is 22.9 Å². The number of nitrogens with one attached hydrogen (secondary N) is 2. The van der Waals surface area contributed by atoms with Gasteiger partial charge in [0.25, 0.3) is 11.6 Å². The average Bonchev–Trinajstić information content (AvgIpc) is 3.46. The smallest absolute Gasteiger partial charge is 0.274 e. The zero-order chi connectivity index (χ0) is 19.4. The van der Waals surface area contributed by atoms with Gasteiger partial charge < -0.3 is 10.6 Å². The lowest BCUT2D eigenvalue weighted by Crippen LogP contribution is -2.25. The lowest BCUT2D eigenvalue weighted by Gasteiger charge is -2.06. The summed E-state index contributed by atoms with van der Waals surface area (Å²) in [5.74, 6) is -0.485. The summed E-state index contributed by atoms with van der Waals surface area (Å²) in [7, 11) is 0. The van der Waals surface area contributed by atoms with Gasteiger partial charge in [-0.1, -0.05) is 18.2 Å². The third-order valence-electron chi connectivity index (χ3n) is 4.27. The largest absolute Gasteiger partial charge is 0.349 e. The number of hydrogen-bond donors (Lipinski definition) is 2. The van der Waals surface area contributed by atoms with Crippen LogP contribution in [0, 0.1) is 17.0 Å². The fraction of sp³-hybridized carbons (Fsp3) is 0.200. The minimum absolute atomic E-state index is 0.0446. The Morgan fingerprint density at radius 3 is 2.48 bits per heavy atom. The Morgan fingerprint density at radius 1 is 1.15 bits per heavy atom. The van der Waals surface area contributed by atoms with Crippen LogP contribution in [0.25, 0.3) is 6.08 Å². The van der Waals surface area contributed by atoms with Crippen LogP contribution in [0.1, 0.15) is 34.3 Å². The number of nitrogens with zero attached hydrogens (tertiary/aromatic N) is 1. The molecule has 7 heteroatoms. The average molecular weight is 365 g/mol. The number of anilines is 1. The third-order valence-corrected chi connectivity index (χ3v) is 4.27. The number of nitro benzene ring substituents is 1. The van der Waals surface area contributed by atoms with Crippen LogP contribution in [0.15, 0.2) is 48.5 Å². The first-order chi connectivity index (χ1) is 12.9. The van der Waals surface area contributed by atoms with E-state index in [-0.39, 0.29) is 11.6 Å². The zero-order valence-electron chi connectivity index (χ0n) is 14.8. The molecule has 0 aromatic heterocycles. The highest BCUT2D eigenvalue weighted by atomic mass is 16.6. The molecule has 0 saturated heterocycles. The van der Waals surface area contributed by atoms with Crippen LogP contribution in [0.2, 0.25) is 0 Å². The Kier molecular flexibility index (Phi) is 5.30. The SMILES string of the molecule is Cc1c(NC(=O)/C=C/c2ccc(C(=O)NC3CC3)cc2)cccc1[N+](=O)[O-]. The van der Waals surface area contributed by atoms with Crippen LogP contribution in [0.5, 0.6) is 0 Å². The molecule has 1 aliphatic rings. The molecule has 0 bridgehead atoms. The van der Waals surface area contributed by atoms with Crippen molar-refractivity contribution in [1.82, 2.24) is 5.32 Å². The summed E-state index contributed by atoms with van der Waals surface area (Å²) in [4.78, 5) is 34.5. The van der Waals surface area contributed by atoms with Crippen molar-refractivity contribution in [3.63, 3.8) is 0 Å². The molecule has 0 heterocycles. The maximum absolute atomic E-state index is 12.1. The number of amides is 2. The fourth-order valence-corrected chi connectivity index (χ4v) is 2.54. The quantitative estimate of drug-likeness (QED) is 0.465. The molecule has 27 heavy (non-hydrogen) atoms. The van der Waals surface area contributed by atoms with Crippen molar-refractivity contribution >= 4 is 29.3 Å². The molecule has 3 rings (SSSR count). The van der Waals surface area contributed by atoms with Gasteiger partial charge in [0.1, 0.15) is 0 Å². The minimum atomic E-state index is -0.484. The normalized spacial score (nSPS) is 13.4. The molecule has 0 aliphatic heterocycles. The highest BCUT2D eigenvalue weighted by Crippen LogP contribution is 2.25. The first-order valence-electron chi connectivity index (χ1n) is 8.58. The molecule has 0 spiro atoms. The van der Waals surface area contributed by atoms with E-state index in [1.807, 2.05) is 0 Å². The van der Waals surface area contributed by atoms with Crippen molar-refractivity contribution in [1.29, 1.82) is 0 Å². The molecular weight excluding hydrogens is 346 g/mol. The minimum Gasteiger partial charge on any atom is -0.349 e. The molecular formula is C20H19N3O4. The van der Waals surface area contributed by atoms with Crippen LogP contribution >= 0.6 is 0 Å². The van der Waals surface area contributed by atoms with Crippen LogP contribution in [-0.4, -0.2) is 22.8 Å². The predicted octanol–water partition coefficient (Wildman–Crippen LogP) is 3.45. The second-order valence-electron chi connectivity index (χ2n) is 6.40. The van der Waals surface area contributed by atoms with E-state index in [9.17, 15) is 19.7 Å². The Balaban J connectivity index is 1.62. The van der Waals surface area contributed by atoms with E-state index >= 15 is 0 Å². The summed E-state index contributed by atoms with van der Waals surface area (Å²) in [5, 5.41) is 16.5. The monoisotopic (exact) mass is 365 g/mol. The molecule has 2 aromatic carbocycles. The number of rotatable bonds is 6. The molecule has 0 radical (unpaired) electrons. The van der Waals surface area contributed by atoms with Gasteiger partial charge in [0.2, 0.25) is 5.91 Å². The molecule has 2 aromatic rings. The first kappa shape index (κ1) is 18.3. The number of carbonyl (C=O) groups excluding carboxylic acids is 2. The Morgan fingerprint density at radius 2 is 1.85 bits per heavy atom. The van der Waals surface area contributed by atoms with Crippen molar-refractivity contribution < 1.29 is 14.5 Å². The first-order valence-corrected chi connectivity index (χ1v) is 8.58. The van der Waals surface area contributed by atoms with Crippen LogP contribution in [0.3, 0.4) is 0 Å². The summed E-state index contributed by atoms with van der Waals surface area (Å²) in [6, 6.07) is 11.8. The maximum atomic E-state index is 12.1. The topological polar surface area (TPSA) is 101 Å². The fourth-order valence-electron chi connectivity index (χ4n) is 2.54. The van der Waals surface area contributed by atoms with Gasteiger partial charge in [-0.2, -0.15) is 0 Å². The summed E-state index contributed by atoms with van der Waals surface area (Å²) in [6.07, 6.45) is 5.03. The van der Waals surface area contributed by atoms with Crippen molar-refractivity contribution in [2.24, 2.45) is 0 Å². The summed E-state index contributed by atoms with van der Waals surface area (Å²) >= 11 is 0. The van der Waals surface area contributed by atoms with Crippen LogP contribution in [0.4, 0.5) is 11.4 Å². The third kappa shape index (κ3) is 4.78. The van der Waals surface area contributed by atoms with Crippen LogP contribution < -0.4 is 10.6 Å². The van der Waals surface area contributed by atoms with Gasteiger partial charge in [-0.25, -0.2) is 0 Å². The van der Waals surface area contributed by atoms with Gasteiger partial charge in [-0.15, -0.1) is 0 Å². The van der Waals surface area contributed by atoms with E-state index in [1.165, 1.54) is 18.2 Å². The molecule has 1 saturated carbocycles. The van der Waals surface area contributed by atoms with E-state index in [4.69, 9.17) is 0 Å². The van der Waals surface area contributed by atoms with Crippen LogP contribution in [-0.2, 0) is 4.79 Å². The Hall–Kier alpha value is -3.48. The second-order valence-corrected chi connectivity index (χ2v) is 6.40. The van der Waals surface area contributed by atoms with Crippen molar-refractivity contribution in [2.45, 2.75) is 25.8 Å². The maximum Gasteiger partial charge on any atom is 0.274 e. The van der Waals surface area contributed by atoms with Gasteiger partial charge in [-0.3, -0.25) is 19.7 Å². The lowest BCUT2D eigenvalue weighted by atomic mass is 10.1. The molecule has 2 amide bonds. The van der Waals surface area contributed by atoms with Gasteiger partial charge in [0, 0.05) is 23.7 Å². The Labute approximate surface area is 156 Å². The van der Waals surface area contributed by atoms with Crippen molar-refractivity contribution in [3.05, 3.63) is 75.3 Å². The van der Waals surface area contributed by atoms with E-state index in [2.05, 4.69) is 10.6 Å². The highest BCUT2D eigenvalue weighted by Gasteiger charge is 2.23. The van der Waals surface area contributed by atoms with Gasteiger partial charge in [-0.05, 0) is 49.6 Å². The van der Waals surface area contributed by atoms with Gasteiger partial charge in [0.05, 0.1) is 16.2 Å². The number of hydrogen-bond acceptors (Lipinski definition) is 4.